The van der Waals surface area contributed by atoms with Crippen molar-refractivity contribution in [2.75, 3.05) is 5.75 Å². The third kappa shape index (κ3) is 3.24. The van der Waals surface area contributed by atoms with Gasteiger partial charge in [0.05, 0.1) is 12.1 Å². The van der Waals surface area contributed by atoms with E-state index in [1.807, 2.05) is 44.2 Å². The molecular weight excluding hydrogens is 322 g/mol. The van der Waals surface area contributed by atoms with Crippen LogP contribution in [0.3, 0.4) is 0 Å². The summed E-state index contributed by atoms with van der Waals surface area (Å²) >= 11 is 1.54. The molecule has 2 heterocycles. The van der Waals surface area contributed by atoms with Crippen molar-refractivity contribution >= 4 is 17.7 Å². The number of aryl methyl sites for hydroxylation is 1. The molecule has 1 aromatic heterocycles. The second-order valence-electron chi connectivity index (χ2n) is 6.15. The summed E-state index contributed by atoms with van der Waals surface area (Å²) < 4.78 is 1.68. The van der Waals surface area contributed by atoms with Crippen LogP contribution >= 0.6 is 11.8 Å². The minimum absolute atomic E-state index is 0.0311. The molecule has 0 bridgehead atoms. The summed E-state index contributed by atoms with van der Waals surface area (Å²) in [4.78, 5) is 29.4. The lowest BCUT2D eigenvalue weighted by Crippen LogP contribution is -2.33. The Hall–Kier alpha value is -2.08. The molecule has 0 saturated carbocycles. The van der Waals surface area contributed by atoms with Gasteiger partial charge in [0, 0.05) is 23.4 Å². The van der Waals surface area contributed by atoms with Gasteiger partial charge in [-0.2, -0.15) is 0 Å². The first kappa shape index (κ1) is 16.8. The average Bonchev–Trinajstić information content (AvgIpc) is 2.95. The lowest BCUT2D eigenvalue weighted by molar-refractivity contribution is -0.122. The Labute approximate surface area is 145 Å². The first-order chi connectivity index (χ1) is 11.5. The monoisotopic (exact) mass is 343 g/mol. The first-order valence-electron chi connectivity index (χ1n) is 8.04. The molecule has 0 radical (unpaired) electrons. The third-order valence-electron chi connectivity index (χ3n) is 4.42. The summed E-state index contributed by atoms with van der Waals surface area (Å²) in [6.45, 7) is 5.60. The van der Waals surface area contributed by atoms with Crippen LogP contribution in [0.15, 0.2) is 40.3 Å². The van der Waals surface area contributed by atoms with Crippen molar-refractivity contribution < 1.29 is 4.79 Å². The number of rotatable bonds is 4. The van der Waals surface area contributed by atoms with Gasteiger partial charge in [0.1, 0.15) is 0 Å². The summed E-state index contributed by atoms with van der Waals surface area (Å²) in [6.07, 6.45) is 0.293. The van der Waals surface area contributed by atoms with Gasteiger partial charge >= 0.3 is 0 Å². The Morgan fingerprint density at radius 1 is 1.38 bits per heavy atom. The fourth-order valence-corrected chi connectivity index (χ4v) is 4.04. The first-order valence-corrected chi connectivity index (χ1v) is 9.02. The Bertz CT molecular complexity index is 817. The van der Waals surface area contributed by atoms with Crippen LogP contribution in [0.5, 0.6) is 0 Å². The minimum atomic E-state index is -0.132. The molecule has 1 aromatic carbocycles. The minimum Gasteiger partial charge on any atom is -0.350 e. The average molecular weight is 343 g/mol. The maximum atomic E-state index is 12.5. The van der Waals surface area contributed by atoms with Crippen molar-refractivity contribution in [3.8, 4) is 0 Å². The van der Waals surface area contributed by atoms with E-state index in [0.29, 0.717) is 17.7 Å². The number of aromatic nitrogens is 2. The lowest BCUT2D eigenvalue weighted by Gasteiger charge is -2.17. The van der Waals surface area contributed by atoms with E-state index in [4.69, 9.17) is 0 Å². The molecule has 0 saturated heterocycles. The number of thioether (sulfide) groups is 1. The van der Waals surface area contributed by atoms with Crippen molar-refractivity contribution in [2.45, 2.75) is 44.4 Å². The molecule has 2 aromatic rings. The number of carbonyl (C=O) groups is 1. The molecule has 1 amide bonds. The molecule has 6 heteroatoms. The zero-order valence-electron chi connectivity index (χ0n) is 14.1. The van der Waals surface area contributed by atoms with Gasteiger partial charge in [0.25, 0.3) is 5.56 Å². The van der Waals surface area contributed by atoms with E-state index in [1.54, 1.807) is 23.3 Å². The van der Waals surface area contributed by atoms with E-state index in [2.05, 4.69) is 10.3 Å². The molecule has 1 aliphatic heterocycles. The van der Waals surface area contributed by atoms with E-state index < -0.39 is 0 Å². The molecule has 126 valence electrons. The van der Waals surface area contributed by atoms with Crippen LogP contribution in [0.25, 0.3) is 0 Å². The summed E-state index contributed by atoms with van der Waals surface area (Å²) in [6, 6.07) is 9.66. The SMILES string of the molecule is Cc1nc2n(c(=O)c1C)C(CC(=O)NC(C)c1ccccc1)CS2. The summed E-state index contributed by atoms with van der Waals surface area (Å²) in [5.74, 6) is 0.660. The smallest absolute Gasteiger partial charge is 0.257 e. The molecule has 0 fully saturated rings. The standard InChI is InChI=1S/C18H21N3O2S/c1-11-12(2)20-18-21(17(11)23)15(10-24-18)9-16(22)19-13(3)14-7-5-4-6-8-14/h4-8,13,15H,9-10H2,1-3H3,(H,19,22). The van der Waals surface area contributed by atoms with Crippen molar-refractivity contribution in [3.05, 3.63) is 57.5 Å². The van der Waals surface area contributed by atoms with Crippen LogP contribution in [-0.4, -0.2) is 21.2 Å². The Morgan fingerprint density at radius 2 is 2.08 bits per heavy atom. The van der Waals surface area contributed by atoms with E-state index >= 15 is 0 Å². The Morgan fingerprint density at radius 3 is 2.79 bits per heavy atom. The zero-order chi connectivity index (χ0) is 17.3. The van der Waals surface area contributed by atoms with Crippen molar-refractivity contribution in [1.29, 1.82) is 0 Å². The van der Waals surface area contributed by atoms with E-state index in [0.717, 1.165) is 16.4 Å². The number of nitrogens with one attached hydrogen (secondary N) is 1. The van der Waals surface area contributed by atoms with Crippen LogP contribution in [0, 0.1) is 13.8 Å². The molecule has 5 nitrogen and oxygen atoms in total. The maximum absolute atomic E-state index is 12.5. The summed E-state index contributed by atoms with van der Waals surface area (Å²) in [7, 11) is 0. The van der Waals surface area contributed by atoms with E-state index in [1.165, 1.54) is 0 Å². The fourth-order valence-electron chi connectivity index (χ4n) is 2.86. The van der Waals surface area contributed by atoms with Crippen LogP contribution in [0.4, 0.5) is 0 Å². The van der Waals surface area contributed by atoms with Gasteiger partial charge in [0.15, 0.2) is 5.16 Å². The van der Waals surface area contributed by atoms with E-state index in [9.17, 15) is 9.59 Å². The highest BCUT2D eigenvalue weighted by molar-refractivity contribution is 7.99. The fraction of sp³-hybridized carbons (Fsp3) is 0.389. The van der Waals surface area contributed by atoms with Crippen LogP contribution in [0.2, 0.25) is 0 Å². The Balaban J connectivity index is 1.72. The lowest BCUT2D eigenvalue weighted by atomic mass is 10.1. The van der Waals surface area contributed by atoms with Crippen molar-refractivity contribution in [3.63, 3.8) is 0 Å². The van der Waals surface area contributed by atoms with Gasteiger partial charge in [-0.3, -0.25) is 14.2 Å². The van der Waals surface area contributed by atoms with Gasteiger partial charge in [-0.05, 0) is 26.3 Å². The Kier molecular flexibility index (Phi) is 4.76. The number of benzene rings is 1. The van der Waals surface area contributed by atoms with Gasteiger partial charge in [-0.15, -0.1) is 0 Å². The van der Waals surface area contributed by atoms with Gasteiger partial charge < -0.3 is 5.32 Å². The third-order valence-corrected chi connectivity index (χ3v) is 5.52. The van der Waals surface area contributed by atoms with Crippen molar-refractivity contribution in [2.24, 2.45) is 0 Å². The molecule has 0 aliphatic carbocycles. The molecule has 1 aliphatic rings. The topological polar surface area (TPSA) is 64.0 Å². The quantitative estimate of drug-likeness (QED) is 0.867. The molecule has 0 spiro atoms. The number of hydrogen-bond donors (Lipinski definition) is 1. The largest absolute Gasteiger partial charge is 0.350 e. The molecule has 2 unspecified atom stereocenters. The van der Waals surface area contributed by atoms with Gasteiger partial charge in [-0.1, -0.05) is 42.1 Å². The number of fused-ring (bicyclic) bond motifs is 1. The second kappa shape index (κ2) is 6.81. The highest BCUT2D eigenvalue weighted by atomic mass is 32.2. The zero-order valence-corrected chi connectivity index (χ0v) is 14.9. The highest BCUT2D eigenvalue weighted by Crippen LogP contribution is 2.32. The molecule has 2 atom stereocenters. The normalized spacial score (nSPS) is 17.4. The molecular formula is C18H21N3O2S. The molecule has 24 heavy (non-hydrogen) atoms. The van der Waals surface area contributed by atoms with Gasteiger partial charge in [-0.25, -0.2) is 4.98 Å². The summed E-state index contributed by atoms with van der Waals surface area (Å²) in [5, 5.41) is 3.73. The van der Waals surface area contributed by atoms with E-state index in [-0.39, 0.29) is 23.6 Å². The summed E-state index contributed by atoms with van der Waals surface area (Å²) in [5.41, 5.74) is 2.46. The van der Waals surface area contributed by atoms with Crippen LogP contribution < -0.4 is 10.9 Å². The molecule has 1 N–H and O–H groups in total. The molecule has 3 rings (SSSR count). The van der Waals surface area contributed by atoms with Crippen molar-refractivity contribution in [1.82, 2.24) is 14.9 Å². The predicted molar refractivity (Wildman–Crippen MR) is 95.3 cm³/mol. The second-order valence-corrected chi connectivity index (χ2v) is 7.14. The van der Waals surface area contributed by atoms with Crippen LogP contribution in [-0.2, 0) is 4.79 Å². The number of nitrogens with zero attached hydrogens (tertiary/aromatic N) is 2. The van der Waals surface area contributed by atoms with Gasteiger partial charge in [0.2, 0.25) is 5.91 Å². The highest BCUT2D eigenvalue weighted by Gasteiger charge is 2.28. The maximum Gasteiger partial charge on any atom is 0.257 e. The number of carbonyl (C=O) groups excluding carboxylic acids is 1. The number of amides is 1. The number of hydrogen-bond acceptors (Lipinski definition) is 4. The predicted octanol–water partition coefficient (Wildman–Crippen LogP) is 2.77. The van der Waals surface area contributed by atoms with Crippen LogP contribution in [0.1, 0.15) is 42.2 Å².